The van der Waals surface area contributed by atoms with E-state index < -0.39 is 41.7 Å². The average Bonchev–Trinajstić information content (AvgIpc) is 3.61. The highest BCUT2D eigenvalue weighted by atomic mass is 79.9. The summed E-state index contributed by atoms with van der Waals surface area (Å²) in [5, 5.41) is 0. The lowest BCUT2D eigenvalue weighted by molar-refractivity contribution is -0.153. The second kappa shape index (κ2) is 26.5. The molecule has 1 fully saturated rings. The number of hydrogen-bond acceptors (Lipinski definition) is 10. The van der Waals surface area contributed by atoms with Gasteiger partial charge in [-0.15, -0.1) is 0 Å². The Labute approximate surface area is 494 Å². The van der Waals surface area contributed by atoms with E-state index in [-0.39, 0.29) is 48.7 Å². The number of halogens is 7. The molecule has 0 amide bonds. The van der Waals surface area contributed by atoms with Crippen molar-refractivity contribution >= 4 is 40.4 Å². The Morgan fingerprint density at radius 3 is 1.20 bits per heavy atom. The van der Waals surface area contributed by atoms with E-state index in [0.717, 1.165) is 44.6 Å². The highest BCUT2D eigenvalue weighted by Crippen LogP contribution is 2.38. The summed E-state index contributed by atoms with van der Waals surface area (Å²) in [5.74, 6) is 1.20. The van der Waals surface area contributed by atoms with Crippen LogP contribution in [0, 0.1) is 10.8 Å². The molecule has 1 saturated heterocycles. The van der Waals surface area contributed by atoms with Gasteiger partial charge in [-0.05, 0) is 120 Å². The summed E-state index contributed by atoms with van der Waals surface area (Å²) in [4.78, 5) is 31.2. The number of benzene rings is 6. The maximum absolute atomic E-state index is 13.4. The minimum atomic E-state index is -4.54. The van der Waals surface area contributed by atoms with Crippen LogP contribution in [0.1, 0.15) is 77.9 Å². The first-order valence-electron chi connectivity index (χ1n) is 26.7. The molecule has 0 atom stereocenters. The molecule has 8 aromatic rings. The number of nitrogens with zero attached hydrogens (tertiary/aromatic N) is 4. The predicted molar refractivity (Wildman–Crippen MR) is 314 cm³/mol. The molecule has 442 valence electrons. The van der Waals surface area contributed by atoms with Gasteiger partial charge in [0.25, 0.3) is 0 Å². The molecular weight excluding hydrogens is 1160 g/mol. The van der Waals surface area contributed by atoms with Crippen LogP contribution in [0.5, 0.6) is 11.5 Å². The lowest BCUT2D eigenvalue weighted by Crippen LogP contribution is -2.41. The Hall–Kier alpha value is -7.68. The molecule has 1 aliphatic heterocycles. The highest BCUT2D eigenvalue weighted by Gasteiger charge is 2.51. The highest BCUT2D eigenvalue weighted by molar-refractivity contribution is 9.10. The van der Waals surface area contributed by atoms with Crippen molar-refractivity contribution in [3.8, 4) is 45.4 Å². The van der Waals surface area contributed by atoms with Crippen molar-refractivity contribution in [1.82, 2.24) is 19.1 Å². The number of carbonyl (C=O) groups excluding carboxylic acids is 2. The number of alkyl halides is 6. The van der Waals surface area contributed by atoms with Gasteiger partial charge in [-0.1, -0.05) is 137 Å². The molecule has 12 nitrogen and oxygen atoms in total. The van der Waals surface area contributed by atoms with E-state index >= 15 is 0 Å². The van der Waals surface area contributed by atoms with Crippen LogP contribution in [0.15, 0.2) is 175 Å². The van der Waals surface area contributed by atoms with Crippen molar-refractivity contribution in [3.05, 3.63) is 197 Å². The normalized spacial score (nSPS) is 13.9. The summed E-state index contributed by atoms with van der Waals surface area (Å²) < 4.78 is 116. The largest absolute Gasteiger partial charge is 0.494 e. The molecule has 1 aliphatic rings. The summed E-state index contributed by atoms with van der Waals surface area (Å²) in [6, 6.07) is 47.8. The predicted octanol–water partition coefficient (Wildman–Crippen LogP) is 14.8. The van der Waals surface area contributed by atoms with Crippen LogP contribution in [-0.4, -0.2) is 76.8 Å². The van der Waals surface area contributed by atoms with Crippen LogP contribution in [0.4, 0.5) is 26.3 Å². The van der Waals surface area contributed by atoms with Crippen LogP contribution in [0.25, 0.3) is 33.9 Å². The van der Waals surface area contributed by atoms with E-state index in [4.69, 9.17) is 28.3 Å². The van der Waals surface area contributed by atoms with Crippen LogP contribution in [0.2, 0.25) is 0 Å². The lowest BCUT2D eigenvalue weighted by atomic mass is 9.79. The van der Waals surface area contributed by atoms with E-state index in [1.807, 2.05) is 137 Å². The fraction of sp³-hybridized carbons (Fsp3) is 0.312. The topological polar surface area (TPSA) is 125 Å². The Kier molecular flexibility index (Phi) is 20.2. The van der Waals surface area contributed by atoms with Gasteiger partial charge < -0.3 is 37.4 Å². The first-order chi connectivity index (χ1) is 39.5. The second-order valence-electron chi connectivity index (χ2n) is 22.2. The summed E-state index contributed by atoms with van der Waals surface area (Å²) in [6.45, 7) is 16.2. The molecule has 0 spiro atoms. The van der Waals surface area contributed by atoms with Crippen molar-refractivity contribution < 1.29 is 64.2 Å². The van der Waals surface area contributed by atoms with Crippen molar-refractivity contribution in [2.75, 3.05) is 27.4 Å². The molecule has 9 rings (SSSR count). The molecule has 0 N–H and O–H groups in total. The number of methoxy groups -OCH3 is 2. The molecular formula is C64H66BBrF6N4O8. The van der Waals surface area contributed by atoms with E-state index in [2.05, 4.69) is 25.9 Å². The molecule has 3 heterocycles. The van der Waals surface area contributed by atoms with Crippen LogP contribution in [0.3, 0.4) is 0 Å². The third kappa shape index (κ3) is 16.6. The number of aromatic nitrogens is 4. The number of esters is 2. The summed E-state index contributed by atoms with van der Waals surface area (Å²) in [5.41, 5.74) is 1.75. The summed E-state index contributed by atoms with van der Waals surface area (Å²) in [7, 11) is 2.33. The van der Waals surface area contributed by atoms with Crippen molar-refractivity contribution in [1.29, 1.82) is 0 Å². The minimum absolute atomic E-state index is 0.170. The maximum Gasteiger partial charge on any atom is 0.494 e. The van der Waals surface area contributed by atoms with Crippen molar-refractivity contribution in [2.45, 2.75) is 92.0 Å². The summed E-state index contributed by atoms with van der Waals surface area (Å²) in [6.07, 6.45) is -6.89. The number of rotatable bonds is 16. The molecule has 0 aliphatic carbocycles. The number of imidazole rings is 2. The SMILES string of the molecule is COC(=O)C(C)(C)COc1ccc(-c2ccc(-c3nc(C(F)(F)F)cn3Cc3ccccc3)cc2)cc1.COC(=O)C(C)(C)COc1ccc(B2OC(C)(C)C(C)(C)O2)cc1.FC(F)(F)c1cn(Cc2ccccc2)c(-c2ccc(Br)cc2)n1. The molecule has 0 bridgehead atoms. The van der Waals surface area contributed by atoms with Crippen LogP contribution >= 0.6 is 15.9 Å². The van der Waals surface area contributed by atoms with Gasteiger partial charge in [0.05, 0.1) is 36.3 Å². The van der Waals surface area contributed by atoms with Crippen LogP contribution in [-0.2, 0) is 53.8 Å². The Balaban J connectivity index is 0.000000189. The fourth-order valence-corrected chi connectivity index (χ4v) is 8.68. The zero-order chi connectivity index (χ0) is 61.3. The smallest absolute Gasteiger partial charge is 0.492 e. The fourth-order valence-electron chi connectivity index (χ4n) is 8.42. The molecule has 0 unspecified atom stereocenters. The maximum atomic E-state index is 13.4. The molecule has 6 aromatic carbocycles. The second-order valence-corrected chi connectivity index (χ2v) is 23.1. The first-order valence-corrected chi connectivity index (χ1v) is 27.5. The monoisotopic (exact) mass is 1220 g/mol. The molecule has 84 heavy (non-hydrogen) atoms. The Morgan fingerprint density at radius 1 is 0.512 bits per heavy atom. The molecule has 20 heteroatoms. The molecule has 0 radical (unpaired) electrons. The minimum Gasteiger partial charge on any atom is -0.492 e. The number of ether oxygens (including phenoxy) is 4. The standard InChI is InChI=1S/C29H27F3N2O3.C18H27BO5.C17H12BrF3N2/c1-28(2,27(35)36-3)19-37-24-15-13-22(14-16-24)21-9-11-23(12-10-21)26-33-25(29(30,31)32)18-34(26)17-20-7-5-4-6-8-20;1-16(2,15(20)21-7)12-22-14-10-8-13(9-11-14)19-23-17(3,4)18(5,6)24-19;18-14-8-6-13(7-9-14)16-22-15(17(19,20)21)11-23(16)10-12-4-2-1-3-5-12/h4-16,18H,17,19H2,1-3H3;8-11H,12H2,1-7H3;1-9,11H,10H2. The van der Waals surface area contributed by atoms with Gasteiger partial charge in [-0.3, -0.25) is 9.59 Å². The molecule has 2 aromatic heterocycles. The van der Waals surface area contributed by atoms with Gasteiger partial charge >= 0.3 is 31.4 Å². The van der Waals surface area contributed by atoms with Gasteiger partial charge in [-0.2, -0.15) is 26.3 Å². The molecule has 0 saturated carbocycles. The van der Waals surface area contributed by atoms with E-state index in [9.17, 15) is 35.9 Å². The van der Waals surface area contributed by atoms with Crippen molar-refractivity contribution in [2.24, 2.45) is 10.8 Å². The van der Waals surface area contributed by atoms with E-state index in [1.54, 1.807) is 76.2 Å². The quantitative estimate of drug-likeness (QED) is 0.0524. The van der Waals surface area contributed by atoms with Gasteiger partial charge in [0.2, 0.25) is 0 Å². The Bertz CT molecular complexity index is 3430. The zero-order valence-electron chi connectivity index (χ0n) is 48.3. The number of hydrogen-bond donors (Lipinski definition) is 0. The average molecular weight is 1220 g/mol. The van der Waals surface area contributed by atoms with E-state index in [1.165, 1.54) is 23.4 Å². The van der Waals surface area contributed by atoms with Gasteiger partial charge in [-0.25, -0.2) is 9.97 Å². The number of carbonyl (C=O) groups is 2. The van der Waals surface area contributed by atoms with Crippen molar-refractivity contribution in [3.63, 3.8) is 0 Å². The third-order valence-corrected chi connectivity index (χ3v) is 14.6. The van der Waals surface area contributed by atoms with Gasteiger partial charge in [0, 0.05) is 41.1 Å². The van der Waals surface area contributed by atoms with Crippen LogP contribution < -0.4 is 14.9 Å². The zero-order valence-corrected chi connectivity index (χ0v) is 49.9. The van der Waals surface area contributed by atoms with Gasteiger partial charge in [0.1, 0.15) is 36.4 Å². The Morgan fingerprint density at radius 2 is 0.845 bits per heavy atom. The first kappa shape index (κ1) is 63.9. The van der Waals surface area contributed by atoms with Gasteiger partial charge in [0.15, 0.2) is 11.4 Å². The lowest BCUT2D eigenvalue weighted by Gasteiger charge is -2.32. The third-order valence-electron chi connectivity index (χ3n) is 14.0. The summed E-state index contributed by atoms with van der Waals surface area (Å²) >= 11 is 3.32. The van der Waals surface area contributed by atoms with E-state index in [0.29, 0.717) is 35.0 Å².